The molecule has 0 aliphatic rings. The summed E-state index contributed by atoms with van der Waals surface area (Å²) in [4.78, 5) is 12.0. The number of benzene rings is 1. The van der Waals surface area contributed by atoms with Crippen LogP contribution in [0, 0.1) is 17.0 Å². The minimum atomic E-state index is -0.477. The van der Waals surface area contributed by atoms with Gasteiger partial charge in [-0.15, -0.1) is 0 Å². The molecule has 1 rings (SSSR count). The van der Waals surface area contributed by atoms with Crippen molar-refractivity contribution in [1.82, 2.24) is 0 Å². The van der Waals surface area contributed by atoms with E-state index >= 15 is 0 Å². The number of halogens is 1. The lowest BCUT2D eigenvalue weighted by Gasteiger charge is -2.15. The van der Waals surface area contributed by atoms with E-state index in [1.807, 2.05) is 25.9 Å². The minimum Gasteiger partial charge on any atom is -0.377 e. The predicted octanol–water partition coefficient (Wildman–Crippen LogP) is 2.62. The number of hydrogen-bond acceptors (Lipinski definition) is 3. The van der Waals surface area contributed by atoms with Crippen LogP contribution in [0.1, 0.15) is 5.56 Å². The monoisotopic (exact) mass is 214 g/mol. The Morgan fingerprint density at radius 2 is 2.00 bits per heavy atom. The van der Waals surface area contributed by atoms with E-state index in [4.69, 9.17) is 11.6 Å². The first-order chi connectivity index (χ1) is 6.43. The smallest absolute Gasteiger partial charge is 0.288 e. The van der Waals surface area contributed by atoms with Crippen LogP contribution in [0.25, 0.3) is 0 Å². The number of anilines is 1. The zero-order valence-corrected chi connectivity index (χ0v) is 9.00. The second kappa shape index (κ2) is 3.84. The molecule has 1 aromatic carbocycles. The fourth-order valence-electron chi connectivity index (χ4n) is 1.28. The lowest BCUT2D eigenvalue weighted by atomic mass is 10.1. The number of nitrogens with zero attached hydrogens (tertiary/aromatic N) is 2. The van der Waals surface area contributed by atoms with E-state index < -0.39 is 4.92 Å². The molecule has 0 saturated carbocycles. The van der Waals surface area contributed by atoms with Crippen molar-refractivity contribution in [3.05, 3.63) is 32.8 Å². The number of hydrogen-bond donors (Lipinski definition) is 0. The molecule has 0 heterocycles. The molecule has 0 N–H and O–H groups in total. The average molecular weight is 215 g/mol. The maximum absolute atomic E-state index is 10.6. The van der Waals surface area contributed by atoms with Crippen LogP contribution in [0.5, 0.6) is 0 Å². The first kappa shape index (κ1) is 10.8. The molecule has 5 heteroatoms. The number of nitro benzene ring substituents is 1. The van der Waals surface area contributed by atoms with Crippen molar-refractivity contribution in [2.45, 2.75) is 6.92 Å². The van der Waals surface area contributed by atoms with E-state index in [0.717, 1.165) is 11.3 Å². The van der Waals surface area contributed by atoms with Gasteiger partial charge in [-0.2, -0.15) is 0 Å². The Morgan fingerprint density at radius 1 is 1.43 bits per heavy atom. The van der Waals surface area contributed by atoms with Gasteiger partial charge in [-0.05, 0) is 18.6 Å². The summed E-state index contributed by atoms with van der Waals surface area (Å²) >= 11 is 5.77. The molecule has 0 unspecified atom stereocenters. The predicted molar refractivity (Wildman–Crippen MR) is 57.2 cm³/mol. The Balaban J connectivity index is 3.31. The van der Waals surface area contributed by atoms with E-state index in [2.05, 4.69) is 0 Å². The van der Waals surface area contributed by atoms with Crippen molar-refractivity contribution in [2.75, 3.05) is 19.0 Å². The summed E-state index contributed by atoms with van der Waals surface area (Å²) in [5.41, 5.74) is 1.68. The number of aryl methyl sites for hydroxylation is 1. The zero-order valence-electron chi connectivity index (χ0n) is 8.24. The first-order valence-electron chi connectivity index (χ1n) is 4.05. The third-order valence-electron chi connectivity index (χ3n) is 1.94. The average Bonchev–Trinajstić information content (AvgIpc) is 2.07. The summed E-state index contributed by atoms with van der Waals surface area (Å²) < 4.78 is 0. The second-order valence-corrected chi connectivity index (χ2v) is 3.65. The van der Waals surface area contributed by atoms with Gasteiger partial charge in [0.15, 0.2) is 0 Å². The molecule has 0 amide bonds. The van der Waals surface area contributed by atoms with Crippen molar-refractivity contribution in [1.29, 1.82) is 0 Å². The SMILES string of the molecule is Cc1cc([N+](=O)[O-])c(Cl)cc1N(C)C. The van der Waals surface area contributed by atoms with Gasteiger partial charge >= 0.3 is 0 Å². The molecule has 0 aromatic heterocycles. The van der Waals surface area contributed by atoms with Gasteiger partial charge in [-0.25, -0.2) is 0 Å². The molecule has 4 nitrogen and oxygen atoms in total. The summed E-state index contributed by atoms with van der Waals surface area (Å²) in [6.45, 7) is 1.82. The van der Waals surface area contributed by atoms with Gasteiger partial charge < -0.3 is 4.90 Å². The Kier molecular flexibility index (Phi) is 2.96. The molecular weight excluding hydrogens is 204 g/mol. The topological polar surface area (TPSA) is 46.4 Å². The molecular formula is C9H11ClN2O2. The van der Waals surface area contributed by atoms with Crippen molar-refractivity contribution < 1.29 is 4.92 Å². The highest BCUT2D eigenvalue weighted by Gasteiger charge is 2.15. The van der Waals surface area contributed by atoms with Crippen LogP contribution in [0.2, 0.25) is 5.02 Å². The molecule has 0 atom stereocenters. The zero-order chi connectivity index (χ0) is 10.9. The second-order valence-electron chi connectivity index (χ2n) is 3.24. The molecule has 76 valence electrons. The molecule has 14 heavy (non-hydrogen) atoms. The first-order valence-corrected chi connectivity index (χ1v) is 4.43. The summed E-state index contributed by atoms with van der Waals surface area (Å²) in [5.74, 6) is 0. The standard InChI is InChI=1S/C9H11ClN2O2/c1-6-4-9(12(13)14)7(10)5-8(6)11(2)3/h4-5H,1-3H3. The Hall–Kier alpha value is -1.29. The van der Waals surface area contributed by atoms with Crippen LogP contribution in [-0.2, 0) is 0 Å². The van der Waals surface area contributed by atoms with Crippen molar-refractivity contribution in [3.63, 3.8) is 0 Å². The Morgan fingerprint density at radius 3 is 2.43 bits per heavy atom. The van der Waals surface area contributed by atoms with Gasteiger partial charge in [0.2, 0.25) is 0 Å². The van der Waals surface area contributed by atoms with Gasteiger partial charge in [0.05, 0.1) is 4.92 Å². The number of rotatable bonds is 2. The van der Waals surface area contributed by atoms with Crippen LogP contribution in [0.4, 0.5) is 11.4 Å². The van der Waals surface area contributed by atoms with Gasteiger partial charge in [0.25, 0.3) is 5.69 Å². The van der Waals surface area contributed by atoms with Gasteiger partial charge in [-0.1, -0.05) is 11.6 Å². The van der Waals surface area contributed by atoms with E-state index in [1.54, 1.807) is 6.07 Å². The van der Waals surface area contributed by atoms with E-state index in [1.165, 1.54) is 6.07 Å². The van der Waals surface area contributed by atoms with Crippen LogP contribution in [0.3, 0.4) is 0 Å². The largest absolute Gasteiger partial charge is 0.377 e. The highest BCUT2D eigenvalue weighted by atomic mass is 35.5. The number of nitro groups is 1. The molecule has 0 radical (unpaired) electrons. The molecule has 0 fully saturated rings. The highest BCUT2D eigenvalue weighted by Crippen LogP contribution is 2.31. The summed E-state index contributed by atoms with van der Waals surface area (Å²) in [7, 11) is 3.73. The maximum atomic E-state index is 10.6. The van der Waals surface area contributed by atoms with Crippen molar-refractivity contribution >= 4 is 23.0 Å². The van der Waals surface area contributed by atoms with E-state index in [-0.39, 0.29) is 10.7 Å². The lowest BCUT2D eigenvalue weighted by molar-refractivity contribution is -0.384. The van der Waals surface area contributed by atoms with Gasteiger partial charge in [0.1, 0.15) is 5.02 Å². The minimum absolute atomic E-state index is 0.0465. The van der Waals surface area contributed by atoms with Crippen molar-refractivity contribution in [3.8, 4) is 0 Å². The lowest BCUT2D eigenvalue weighted by Crippen LogP contribution is -2.10. The molecule has 0 spiro atoms. The van der Waals surface area contributed by atoms with Gasteiger partial charge in [0, 0.05) is 25.8 Å². The van der Waals surface area contributed by atoms with Crippen LogP contribution in [0.15, 0.2) is 12.1 Å². The molecule has 0 aliphatic carbocycles. The Labute approximate surface area is 87.2 Å². The fourth-order valence-corrected chi connectivity index (χ4v) is 1.50. The summed E-state index contributed by atoms with van der Waals surface area (Å²) in [6.07, 6.45) is 0. The molecule has 0 bridgehead atoms. The molecule has 1 aromatic rings. The van der Waals surface area contributed by atoms with Gasteiger partial charge in [-0.3, -0.25) is 10.1 Å². The molecule has 0 aliphatic heterocycles. The van der Waals surface area contributed by atoms with Crippen LogP contribution in [-0.4, -0.2) is 19.0 Å². The normalized spacial score (nSPS) is 10.0. The summed E-state index contributed by atoms with van der Waals surface area (Å²) in [5, 5.41) is 10.7. The highest BCUT2D eigenvalue weighted by molar-refractivity contribution is 6.33. The Bertz CT molecular complexity index is 377. The van der Waals surface area contributed by atoms with E-state index in [0.29, 0.717) is 0 Å². The third kappa shape index (κ3) is 1.96. The molecule has 0 saturated heterocycles. The fraction of sp³-hybridized carbons (Fsp3) is 0.333. The third-order valence-corrected chi connectivity index (χ3v) is 2.25. The maximum Gasteiger partial charge on any atom is 0.288 e. The van der Waals surface area contributed by atoms with Crippen LogP contribution >= 0.6 is 11.6 Å². The van der Waals surface area contributed by atoms with E-state index in [9.17, 15) is 10.1 Å². The van der Waals surface area contributed by atoms with Crippen LogP contribution < -0.4 is 4.90 Å². The van der Waals surface area contributed by atoms with Crippen molar-refractivity contribution in [2.24, 2.45) is 0 Å². The quantitative estimate of drug-likeness (QED) is 0.562. The summed E-state index contributed by atoms with van der Waals surface area (Å²) in [6, 6.07) is 3.09.